The summed E-state index contributed by atoms with van der Waals surface area (Å²) in [5.41, 5.74) is 10.3. The Bertz CT molecular complexity index is 3800. The zero-order valence-electron chi connectivity index (χ0n) is 44.8. The number of carbonyl (C=O) groups is 2. The lowest BCUT2D eigenvalue weighted by atomic mass is 9.96. The number of carbonyl (C=O) groups excluding carboxylic acids is 2. The summed E-state index contributed by atoms with van der Waals surface area (Å²) in [6.07, 6.45) is 4.69. The number of nitrogens with zero attached hydrogens (tertiary/aromatic N) is 9. The van der Waals surface area contributed by atoms with Gasteiger partial charge in [0.2, 0.25) is 11.8 Å². The molecule has 5 N–H and O–H groups in total. The van der Waals surface area contributed by atoms with Crippen LogP contribution in [-0.2, 0) is 20.9 Å². The van der Waals surface area contributed by atoms with Gasteiger partial charge in [-0.05, 0) is 53.6 Å². The standard InChI is InChI=1S/C59H56ClF3N12O6S/c1-29(2)52(58(78)74-26-37(76)19-47(74)57(77)68-30(3)32-8-10-34(11-9-32)48-44(62)23-66-24-45(48)63)75-27-46(71-72-75)33-6-4-31(5-7-33)28-80-53-50(39-12-13-43(61)54-49(39)41(21-64)55(65)82-54)42(60)20-40-51(53)69-59(81-38-14-16-79-17-15-38)70-56(40)73-25-35-18-36(73)22-67-35/h4-13,20,23-24,27,29-30,35-38,47,52,67,76H,14-19,22,25-26,28,65H2,1-3H3,(H,68,77)/t30-,35-,36-,37+,47-,52-/m0/s1. The van der Waals surface area contributed by atoms with Crippen molar-refractivity contribution in [3.63, 3.8) is 0 Å². The van der Waals surface area contributed by atoms with E-state index in [1.54, 1.807) is 49.5 Å². The van der Waals surface area contributed by atoms with Crippen LogP contribution in [0.2, 0.25) is 5.02 Å². The molecule has 0 spiro atoms. The highest BCUT2D eigenvalue weighted by atomic mass is 35.5. The Morgan fingerprint density at radius 2 is 1.72 bits per heavy atom. The number of nitrogens with one attached hydrogen (secondary N) is 2. The number of benzene rings is 4. The number of ether oxygens (including phenoxy) is 3. The molecule has 2 bridgehead atoms. The Kier molecular flexibility index (Phi) is 14.9. The number of piperazine rings is 1. The molecule has 0 unspecified atom stereocenters. The van der Waals surface area contributed by atoms with Crippen LogP contribution in [0.1, 0.15) is 75.2 Å². The molecule has 4 saturated heterocycles. The molecular weight excluding hydrogens is 1100 g/mol. The van der Waals surface area contributed by atoms with Crippen LogP contribution in [0.15, 0.2) is 85.3 Å². The lowest BCUT2D eigenvalue weighted by Gasteiger charge is -2.30. The van der Waals surface area contributed by atoms with Gasteiger partial charge in [-0.3, -0.25) is 14.6 Å². The highest BCUT2D eigenvalue weighted by Crippen LogP contribution is 2.50. The topological polar surface area (TPSA) is 232 Å². The van der Waals surface area contributed by atoms with Crippen LogP contribution in [0.4, 0.5) is 24.0 Å². The van der Waals surface area contributed by atoms with Crippen LogP contribution in [0.25, 0.3) is 54.5 Å². The maximum Gasteiger partial charge on any atom is 0.319 e. The van der Waals surface area contributed by atoms with Crippen molar-refractivity contribution in [3.05, 3.63) is 124 Å². The van der Waals surface area contributed by atoms with Crippen LogP contribution in [0.5, 0.6) is 11.8 Å². The van der Waals surface area contributed by atoms with Crippen LogP contribution in [0, 0.1) is 34.7 Å². The summed E-state index contributed by atoms with van der Waals surface area (Å²) in [7, 11) is 0. The Morgan fingerprint density at radius 3 is 2.41 bits per heavy atom. The molecule has 4 aliphatic heterocycles. The van der Waals surface area contributed by atoms with Gasteiger partial charge in [-0.15, -0.1) is 16.4 Å². The molecule has 23 heteroatoms. The number of halogens is 4. The number of fused-ring (bicyclic) bond motifs is 4. The van der Waals surface area contributed by atoms with Crippen molar-refractivity contribution < 1.29 is 42.1 Å². The molecule has 4 fully saturated rings. The Labute approximate surface area is 478 Å². The van der Waals surface area contributed by atoms with Gasteiger partial charge in [0.05, 0.1) is 64.8 Å². The molecule has 8 aromatic rings. The summed E-state index contributed by atoms with van der Waals surface area (Å²) >= 11 is 8.38. The molecule has 4 aromatic carbocycles. The number of anilines is 2. The molecule has 2 amide bonds. The predicted molar refractivity (Wildman–Crippen MR) is 302 cm³/mol. The molecule has 6 atom stereocenters. The van der Waals surface area contributed by atoms with Crippen molar-refractivity contribution in [1.29, 1.82) is 5.26 Å². The van der Waals surface area contributed by atoms with Crippen LogP contribution in [0.3, 0.4) is 0 Å². The quantitative estimate of drug-likeness (QED) is 0.0750. The molecule has 12 rings (SSSR count). The van der Waals surface area contributed by atoms with Crippen molar-refractivity contribution in [3.8, 4) is 51.3 Å². The number of β-amino-alcohol motifs (C(OH)–C–C–N with tert-alkyl or cyclic N) is 1. The molecule has 0 aliphatic carbocycles. The number of nitrogens with two attached hydrogens (primary N) is 1. The number of aliphatic hydroxyl groups excluding tert-OH is 1. The van der Waals surface area contributed by atoms with Gasteiger partial charge >= 0.3 is 6.01 Å². The SMILES string of the molecule is CC(C)[C@@H](C(=O)N1C[C@H](O)C[C@H]1C(=O)N[C@@H](C)c1ccc(-c2c(F)cncc2F)cc1)n1cc(-c2ccc(COc3c(-c4ccc(F)c5sc(N)c(C#N)c45)c(Cl)cc4c(N5C[C@@H]6C[C@H]5CN6)nc(OC5CCOCC5)nc34)cc2)nn1. The first-order valence-corrected chi connectivity index (χ1v) is 28.3. The first-order valence-electron chi connectivity index (χ1n) is 27.1. The number of nitrogen functional groups attached to an aromatic ring is 1. The van der Waals surface area contributed by atoms with Crippen molar-refractivity contribution in [2.24, 2.45) is 5.92 Å². The number of hydrogen-bond acceptors (Lipinski definition) is 16. The third kappa shape index (κ3) is 10.3. The summed E-state index contributed by atoms with van der Waals surface area (Å²) in [5, 5.41) is 38.0. The van der Waals surface area contributed by atoms with Gasteiger partial charge < -0.3 is 45.5 Å². The van der Waals surface area contributed by atoms with Gasteiger partial charge in [-0.1, -0.05) is 85.3 Å². The van der Waals surface area contributed by atoms with Crippen molar-refractivity contribution >= 4 is 66.6 Å². The summed E-state index contributed by atoms with van der Waals surface area (Å²) in [5.74, 6) is -2.42. The average molecular weight is 1150 g/mol. The first-order chi connectivity index (χ1) is 39.6. The minimum Gasteiger partial charge on any atom is -0.486 e. The number of aliphatic hydroxyl groups is 1. The van der Waals surface area contributed by atoms with E-state index in [0.717, 1.165) is 42.3 Å². The van der Waals surface area contributed by atoms with Crippen molar-refractivity contribution in [1.82, 2.24) is 45.5 Å². The fourth-order valence-electron chi connectivity index (χ4n) is 11.8. The predicted octanol–water partition coefficient (Wildman–Crippen LogP) is 9.08. The number of likely N-dealkylation sites (tertiary alicyclic amines) is 1. The van der Waals surface area contributed by atoms with E-state index in [4.69, 9.17) is 41.5 Å². The maximum atomic E-state index is 15.6. The highest BCUT2D eigenvalue weighted by Gasteiger charge is 2.44. The number of amides is 2. The summed E-state index contributed by atoms with van der Waals surface area (Å²) in [6, 6.07) is 18.9. The molecular formula is C59H56ClF3N12O6S. The van der Waals surface area contributed by atoms with Crippen LogP contribution >= 0.6 is 22.9 Å². The third-order valence-corrected chi connectivity index (χ3v) is 17.2. The number of rotatable bonds is 15. The van der Waals surface area contributed by atoms with Gasteiger partial charge in [-0.25, -0.2) is 17.9 Å². The Balaban J connectivity index is 0.814. The molecule has 4 aromatic heterocycles. The third-order valence-electron chi connectivity index (χ3n) is 15.9. The average Bonchev–Trinajstić information content (AvgIpc) is 4.11. The Hall–Kier alpha value is -7.94. The van der Waals surface area contributed by atoms with E-state index in [1.807, 2.05) is 38.1 Å². The van der Waals surface area contributed by atoms with Gasteiger partial charge in [0, 0.05) is 72.9 Å². The molecule has 8 heterocycles. The monoisotopic (exact) mass is 1150 g/mol. The van der Waals surface area contributed by atoms with Gasteiger partial charge in [0.25, 0.3) is 0 Å². The zero-order chi connectivity index (χ0) is 57.1. The summed E-state index contributed by atoms with van der Waals surface area (Å²) in [4.78, 5) is 45.8. The second-order valence-electron chi connectivity index (χ2n) is 21.6. The van der Waals surface area contributed by atoms with E-state index in [9.17, 15) is 28.7 Å². The number of aromatic nitrogens is 6. The van der Waals surface area contributed by atoms with Crippen molar-refractivity contribution in [2.75, 3.05) is 43.5 Å². The molecule has 4 aliphatic rings. The minimum absolute atomic E-state index is 0.00464. The summed E-state index contributed by atoms with van der Waals surface area (Å²) in [6.45, 7) is 7.99. The van der Waals surface area contributed by atoms with Crippen molar-refractivity contribution in [2.45, 2.75) is 95.5 Å². The number of pyridine rings is 1. The zero-order valence-corrected chi connectivity index (χ0v) is 46.4. The van der Waals surface area contributed by atoms with E-state index in [2.05, 4.69) is 36.9 Å². The first kappa shape index (κ1) is 54.6. The number of thiophene rings is 1. The molecule has 0 saturated carbocycles. The Morgan fingerprint density at radius 1 is 0.976 bits per heavy atom. The van der Waals surface area contributed by atoms with E-state index >= 15 is 4.39 Å². The normalized spacial score (nSPS) is 19.8. The highest BCUT2D eigenvalue weighted by molar-refractivity contribution is 7.23. The number of hydrogen-bond donors (Lipinski definition) is 4. The fraction of sp³-hybridized carbons (Fsp3) is 0.356. The summed E-state index contributed by atoms with van der Waals surface area (Å²) < 4.78 is 65.2. The lowest BCUT2D eigenvalue weighted by Crippen LogP contribution is -2.49. The molecule has 422 valence electrons. The van der Waals surface area contributed by atoms with E-state index in [1.165, 1.54) is 15.6 Å². The second-order valence-corrected chi connectivity index (χ2v) is 23.1. The maximum absolute atomic E-state index is 15.6. The van der Waals surface area contributed by atoms with E-state index < -0.39 is 53.5 Å². The second kappa shape index (κ2) is 22.4. The van der Waals surface area contributed by atoms with E-state index in [-0.39, 0.29) is 81.3 Å². The molecule has 0 radical (unpaired) electrons. The van der Waals surface area contributed by atoms with Gasteiger partial charge in [0.15, 0.2) is 17.4 Å². The largest absolute Gasteiger partial charge is 0.486 e. The molecule has 18 nitrogen and oxygen atoms in total. The lowest BCUT2D eigenvalue weighted by molar-refractivity contribution is -0.142. The van der Waals surface area contributed by atoms with Gasteiger partial charge in [0.1, 0.15) is 58.7 Å². The van der Waals surface area contributed by atoms with Crippen LogP contribution in [-0.4, -0.2) is 115 Å². The molecule has 82 heavy (non-hydrogen) atoms. The van der Waals surface area contributed by atoms with Gasteiger partial charge in [-0.2, -0.15) is 15.2 Å². The number of nitriles is 1. The van der Waals surface area contributed by atoms with E-state index in [0.29, 0.717) is 88.2 Å². The smallest absolute Gasteiger partial charge is 0.319 e. The van der Waals surface area contributed by atoms with Crippen LogP contribution < -0.4 is 30.7 Å². The minimum atomic E-state index is -0.995. The fourth-order valence-corrected chi connectivity index (χ4v) is 13.0.